The zero-order valence-corrected chi connectivity index (χ0v) is 9.09. The van der Waals surface area contributed by atoms with Crippen LogP contribution in [0.4, 0.5) is 14.5 Å². The molecule has 3 nitrogen and oxygen atoms in total. The summed E-state index contributed by atoms with van der Waals surface area (Å²) in [5.41, 5.74) is 5.40. The number of alkyl halides is 2. The number of benzene rings is 1. The third-order valence-electron chi connectivity index (χ3n) is 2.08. The minimum absolute atomic E-state index is 0.0971. The number of nitrogens with two attached hydrogens (primary N) is 1. The summed E-state index contributed by atoms with van der Waals surface area (Å²) in [4.78, 5) is 11.1. The van der Waals surface area contributed by atoms with Gasteiger partial charge in [-0.15, -0.1) is 0 Å². The van der Waals surface area contributed by atoms with Crippen molar-refractivity contribution in [1.82, 2.24) is 0 Å². The van der Waals surface area contributed by atoms with E-state index in [4.69, 9.17) is 5.73 Å². The Bertz CT molecular complexity index is 405. The van der Waals surface area contributed by atoms with Crippen LogP contribution in [-0.2, 0) is 15.5 Å². The number of hydrogen-bond acceptors (Lipinski definition) is 3. The van der Waals surface area contributed by atoms with Crippen LogP contribution >= 0.6 is 0 Å². The zero-order chi connectivity index (χ0) is 12.3. The average Bonchev–Trinajstić information content (AvgIpc) is 2.22. The number of esters is 1. The summed E-state index contributed by atoms with van der Waals surface area (Å²) in [7, 11) is 0. The van der Waals surface area contributed by atoms with E-state index in [2.05, 4.69) is 4.74 Å². The third-order valence-corrected chi connectivity index (χ3v) is 2.08. The Hall–Kier alpha value is -1.65. The fourth-order valence-electron chi connectivity index (χ4n) is 1.27. The van der Waals surface area contributed by atoms with E-state index in [0.717, 1.165) is 0 Å². The molecule has 16 heavy (non-hydrogen) atoms. The lowest BCUT2D eigenvalue weighted by Gasteiger charge is -2.17. The smallest absolute Gasteiger partial charge is 0.382 e. The van der Waals surface area contributed by atoms with Gasteiger partial charge in [-0.1, -0.05) is 11.6 Å². The van der Waals surface area contributed by atoms with Crippen LogP contribution in [0.2, 0.25) is 0 Å². The predicted octanol–water partition coefficient (Wildman–Crippen LogP) is 2.23. The molecule has 1 aromatic carbocycles. The number of anilines is 1. The number of carbonyl (C=O) groups is 1. The van der Waals surface area contributed by atoms with Gasteiger partial charge in [-0.25, -0.2) is 4.79 Å². The van der Waals surface area contributed by atoms with Gasteiger partial charge in [0.25, 0.3) is 0 Å². The van der Waals surface area contributed by atoms with Gasteiger partial charge >= 0.3 is 11.9 Å². The maximum atomic E-state index is 13.6. The molecule has 1 rings (SSSR count). The van der Waals surface area contributed by atoms with Crippen molar-refractivity contribution in [2.45, 2.75) is 19.8 Å². The molecule has 0 amide bonds. The van der Waals surface area contributed by atoms with Crippen molar-refractivity contribution in [3.8, 4) is 0 Å². The molecule has 0 aliphatic carbocycles. The molecule has 88 valence electrons. The first kappa shape index (κ1) is 12.4. The molecule has 0 aliphatic heterocycles. The maximum absolute atomic E-state index is 13.6. The highest BCUT2D eigenvalue weighted by Crippen LogP contribution is 2.34. The van der Waals surface area contributed by atoms with Crippen molar-refractivity contribution in [3.63, 3.8) is 0 Å². The molecule has 1 aromatic rings. The molecule has 0 atom stereocenters. The van der Waals surface area contributed by atoms with Crippen molar-refractivity contribution >= 4 is 11.7 Å². The Morgan fingerprint density at radius 2 is 2.12 bits per heavy atom. The predicted molar refractivity (Wildman–Crippen MR) is 56.1 cm³/mol. The molecule has 0 saturated heterocycles. The van der Waals surface area contributed by atoms with Crippen LogP contribution in [0, 0.1) is 6.92 Å². The number of hydrogen-bond donors (Lipinski definition) is 1. The molecule has 0 spiro atoms. The molecule has 0 aliphatic rings. The van der Waals surface area contributed by atoms with Gasteiger partial charge in [-0.05, 0) is 26.0 Å². The standard InChI is InChI=1S/C11H13F2NO2/c1-3-16-10(15)11(12,13)8-6-7(2)4-5-9(8)14/h4-6H,3,14H2,1-2H3. The number of aryl methyl sites for hydroxylation is 1. The highest BCUT2D eigenvalue weighted by Gasteiger charge is 2.44. The number of carbonyl (C=O) groups excluding carboxylic acids is 1. The topological polar surface area (TPSA) is 52.3 Å². The van der Waals surface area contributed by atoms with Gasteiger partial charge in [0.05, 0.1) is 12.2 Å². The van der Waals surface area contributed by atoms with Crippen LogP contribution in [0.5, 0.6) is 0 Å². The molecule has 5 heteroatoms. The SMILES string of the molecule is CCOC(=O)C(F)(F)c1cc(C)ccc1N. The van der Waals surface area contributed by atoms with E-state index in [0.29, 0.717) is 5.56 Å². The van der Waals surface area contributed by atoms with Gasteiger partial charge < -0.3 is 10.5 Å². The van der Waals surface area contributed by atoms with Gasteiger partial charge in [0, 0.05) is 5.69 Å². The highest BCUT2D eigenvalue weighted by molar-refractivity contribution is 5.81. The van der Waals surface area contributed by atoms with E-state index >= 15 is 0 Å². The second-order valence-electron chi connectivity index (χ2n) is 3.39. The van der Waals surface area contributed by atoms with Crippen molar-refractivity contribution in [1.29, 1.82) is 0 Å². The molecule has 0 radical (unpaired) electrons. The molecule has 0 unspecified atom stereocenters. The first-order chi connectivity index (χ1) is 7.39. The van der Waals surface area contributed by atoms with Gasteiger partial charge in [-0.3, -0.25) is 0 Å². The van der Waals surface area contributed by atoms with Crippen LogP contribution in [-0.4, -0.2) is 12.6 Å². The third kappa shape index (κ3) is 2.29. The highest BCUT2D eigenvalue weighted by atomic mass is 19.3. The molecule has 0 aromatic heterocycles. The Balaban J connectivity index is 3.15. The monoisotopic (exact) mass is 229 g/mol. The first-order valence-electron chi connectivity index (χ1n) is 4.81. The molecule has 0 fully saturated rings. The normalized spacial score (nSPS) is 11.2. The van der Waals surface area contributed by atoms with Crippen LogP contribution in [0.3, 0.4) is 0 Å². The number of ether oxygens (including phenoxy) is 1. The molecule has 2 N–H and O–H groups in total. The van der Waals surface area contributed by atoms with Gasteiger partial charge in [-0.2, -0.15) is 8.78 Å². The molecule has 0 heterocycles. The molecular weight excluding hydrogens is 216 g/mol. The Morgan fingerprint density at radius 3 is 2.69 bits per heavy atom. The minimum Gasteiger partial charge on any atom is -0.461 e. The summed E-state index contributed by atoms with van der Waals surface area (Å²) in [6, 6.07) is 4.13. The fraction of sp³-hybridized carbons (Fsp3) is 0.364. The first-order valence-corrected chi connectivity index (χ1v) is 4.81. The molecule has 0 bridgehead atoms. The van der Waals surface area contributed by atoms with E-state index in [9.17, 15) is 13.6 Å². The lowest BCUT2D eigenvalue weighted by atomic mass is 10.0. The van der Waals surface area contributed by atoms with Crippen LogP contribution in [0.15, 0.2) is 18.2 Å². The second kappa shape index (κ2) is 4.47. The summed E-state index contributed by atoms with van der Waals surface area (Å²) in [6.45, 7) is 3.01. The molecule has 0 saturated carbocycles. The van der Waals surface area contributed by atoms with Crippen molar-refractivity contribution in [2.75, 3.05) is 12.3 Å². The fourth-order valence-corrected chi connectivity index (χ4v) is 1.27. The van der Waals surface area contributed by atoms with E-state index in [1.807, 2.05) is 0 Å². The molecular formula is C11H13F2NO2. The van der Waals surface area contributed by atoms with E-state index in [1.165, 1.54) is 19.1 Å². The van der Waals surface area contributed by atoms with Gasteiger partial charge in [0.15, 0.2) is 0 Å². The zero-order valence-electron chi connectivity index (χ0n) is 9.09. The number of nitrogen functional groups attached to an aromatic ring is 1. The van der Waals surface area contributed by atoms with Crippen molar-refractivity contribution < 1.29 is 18.3 Å². The van der Waals surface area contributed by atoms with Gasteiger partial charge in [0.1, 0.15) is 0 Å². The second-order valence-corrected chi connectivity index (χ2v) is 3.39. The summed E-state index contributed by atoms with van der Waals surface area (Å²) in [5, 5.41) is 0. The van der Waals surface area contributed by atoms with E-state index in [1.54, 1.807) is 13.0 Å². The summed E-state index contributed by atoms with van der Waals surface area (Å²) in [6.07, 6.45) is 0. The Kier molecular flexibility index (Phi) is 3.47. The summed E-state index contributed by atoms with van der Waals surface area (Å²) >= 11 is 0. The van der Waals surface area contributed by atoms with E-state index < -0.39 is 17.5 Å². The Labute approximate surface area is 92.2 Å². The van der Waals surface area contributed by atoms with Crippen molar-refractivity contribution in [2.24, 2.45) is 0 Å². The van der Waals surface area contributed by atoms with E-state index in [-0.39, 0.29) is 12.3 Å². The largest absolute Gasteiger partial charge is 0.461 e. The lowest BCUT2D eigenvalue weighted by molar-refractivity contribution is -0.173. The van der Waals surface area contributed by atoms with Crippen LogP contribution < -0.4 is 5.73 Å². The van der Waals surface area contributed by atoms with Crippen molar-refractivity contribution in [3.05, 3.63) is 29.3 Å². The lowest BCUT2D eigenvalue weighted by Crippen LogP contribution is -2.29. The number of rotatable bonds is 3. The summed E-state index contributed by atoms with van der Waals surface area (Å²) in [5.74, 6) is -5.28. The maximum Gasteiger partial charge on any atom is 0.382 e. The van der Waals surface area contributed by atoms with Gasteiger partial charge in [0.2, 0.25) is 0 Å². The quantitative estimate of drug-likeness (QED) is 0.638. The summed E-state index contributed by atoms with van der Waals surface area (Å²) < 4.78 is 31.6. The average molecular weight is 229 g/mol. The minimum atomic E-state index is -3.70. The Morgan fingerprint density at radius 1 is 1.50 bits per heavy atom. The number of halogens is 2. The van der Waals surface area contributed by atoms with Crippen LogP contribution in [0.25, 0.3) is 0 Å². The van der Waals surface area contributed by atoms with Crippen LogP contribution in [0.1, 0.15) is 18.1 Å².